The summed E-state index contributed by atoms with van der Waals surface area (Å²) in [5, 5.41) is 9.42. The first-order valence-corrected chi connectivity index (χ1v) is 7.54. The molecule has 0 heterocycles. The lowest BCUT2D eigenvalue weighted by molar-refractivity contribution is -0.142. The van der Waals surface area contributed by atoms with E-state index in [0.717, 1.165) is 16.2 Å². The molecular formula is C17H25NO5. The summed E-state index contributed by atoms with van der Waals surface area (Å²) in [4.78, 5) is 24.7. The Kier molecular flexibility index (Phi) is 6.42. The fraction of sp³-hybridized carbons (Fsp3) is 0.529. The number of rotatable bonds is 6. The van der Waals surface area contributed by atoms with Gasteiger partial charge in [-0.25, -0.2) is 9.59 Å². The standard InChI is InChI=1S/C17H25NO5/c1-6-22-13-9-7-12(8-10-13)11-14(15(19)20)18(5)16(21)23-17(2,3)4/h7-10,14H,6,11H2,1-5H3,(H,19,20)/t14-/m1/s1. The van der Waals surface area contributed by atoms with Crippen molar-refractivity contribution in [3.63, 3.8) is 0 Å². The van der Waals surface area contributed by atoms with E-state index in [1.54, 1.807) is 45.0 Å². The number of carbonyl (C=O) groups is 2. The minimum atomic E-state index is -1.08. The Balaban J connectivity index is 2.82. The molecule has 1 aromatic carbocycles. The Morgan fingerprint density at radius 2 is 1.78 bits per heavy atom. The molecule has 0 aromatic heterocycles. The number of carbonyl (C=O) groups excluding carboxylic acids is 1. The van der Waals surface area contributed by atoms with Gasteiger partial charge in [0.1, 0.15) is 17.4 Å². The van der Waals surface area contributed by atoms with E-state index >= 15 is 0 Å². The Hall–Kier alpha value is -2.24. The zero-order valence-electron chi connectivity index (χ0n) is 14.3. The summed E-state index contributed by atoms with van der Waals surface area (Å²) in [5.74, 6) is -0.351. The van der Waals surface area contributed by atoms with Crippen molar-refractivity contribution in [3.8, 4) is 5.75 Å². The highest BCUT2D eigenvalue weighted by Gasteiger charge is 2.30. The topological polar surface area (TPSA) is 76.1 Å². The quantitative estimate of drug-likeness (QED) is 0.871. The molecule has 1 N–H and O–H groups in total. The maximum Gasteiger partial charge on any atom is 0.410 e. The van der Waals surface area contributed by atoms with Crippen LogP contribution in [-0.2, 0) is 16.0 Å². The average Bonchev–Trinajstić information content (AvgIpc) is 2.44. The van der Waals surface area contributed by atoms with Gasteiger partial charge in [0.25, 0.3) is 0 Å². The molecule has 0 aliphatic carbocycles. The monoisotopic (exact) mass is 323 g/mol. The van der Waals surface area contributed by atoms with Crippen LogP contribution < -0.4 is 4.74 Å². The molecule has 1 aromatic rings. The normalized spacial score (nSPS) is 12.4. The second-order valence-corrected chi connectivity index (χ2v) is 6.23. The summed E-state index contributed by atoms with van der Waals surface area (Å²) >= 11 is 0. The van der Waals surface area contributed by atoms with Crippen LogP contribution in [-0.4, -0.2) is 47.4 Å². The van der Waals surface area contributed by atoms with Crippen LogP contribution in [0.1, 0.15) is 33.3 Å². The number of nitrogens with zero attached hydrogens (tertiary/aromatic N) is 1. The predicted octanol–water partition coefficient (Wildman–Crippen LogP) is 2.95. The van der Waals surface area contributed by atoms with E-state index in [0.29, 0.717) is 6.61 Å². The summed E-state index contributed by atoms with van der Waals surface area (Å²) in [6, 6.07) is 6.16. The first-order valence-electron chi connectivity index (χ1n) is 7.54. The van der Waals surface area contributed by atoms with Crippen molar-refractivity contribution in [2.45, 2.75) is 45.8 Å². The number of hydrogen-bond donors (Lipinski definition) is 1. The van der Waals surface area contributed by atoms with Crippen LogP contribution in [0.4, 0.5) is 4.79 Å². The fourth-order valence-electron chi connectivity index (χ4n) is 1.96. The molecule has 1 amide bonds. The summed E-state index contributed by atoms with van der Waals surface area (Å²) in [6.07, 6.45) is -0.465. The number of ether oxygens (including phenoxy) is 2. The molecule has 0 saturated heterocycles. The lowest BCUT2D eigenvalue weighted by Crippen LogP contribution is -2.46. The summed E-state index contributed by atoms with van der Waals surface area (Å²) in [7, 11) is 1.43. The molecule has 0 unspecified atom stereocenters. The molecule has 0 spiro atoms. The van der Waals surface area contributed by atoms with E-state index in [1.165, 1.54) is 7.05 Å². The smallest absolute Gasteiger partial charge is 0.410 e. The molecule has 128 valence electrons. The Morgan fingerprint density at radius 3 is 2.22 bits per heavy atom. The number of carboxylic acids is 1. The second kappa shape index (κ2) is 7.85. The van der Waals surface area contributed by atoms with Crippen molar-refractivity contribution >= 4 is 12.1 Å². The van der Waals surface area contributed by atoms with Gasteiger partial charge in [-0.3, -0.25) is 4.90 Å². The van der Waals surface area contributed by atoms with E-state index in [1.807, 2.05) is 6.92 Å². The van der Waals surface area contributed by atoms with Crippen LogP contribution in [0.25, 0.3) is 0 Å². The Morgan fingerprint density at radius 1 is 1.22 bits per heavy atom. The Bertz CT molecular complexity index is 533. The number of amides is 1. The van der Waals surface area contributed by atoms with Crippen molar-refractivity contribution in [1.29, 1.82) is 0 Å². The van der Waals surface area contributed by atoms with Crippen LogP contribution in [0.5, 0.6) is 5.75 Å². The highest BCUT2D eigenvalue weighted by Crippen LogP contribution is 2.17. The van der Waals surface area contributed by atoms with Gasteiger partial charge in [0.15, 0.2) is 0 Å². The number of benzene rings is 1. The minimum absolute atomic E-state index is 0.192. The molecular weight excluding hydrogens is 298 g/mol. The van der Waals surface area contributed by atoms with Crippen molar-refractivity contribution < 1.29 is 24.2 Å². The third kappa shape index (κ3) is 6.18. The van der Waals surface area contributed by atoms with E-state index < -0.39 is 23.7 Å². The van der Waals surface area contributed by atoms with Crippen molar-refractivity contribution in [2.75, 3.05) is 13.7 Å². The van der Waals surface area contributed by atoms with Crippen LogP contribution in [0, 0.1) is 0 Å². The van der Waals surface area contributed by atoms with E-state index in [9.17, 15) is 14.7 Å². The molecule has 0 bridgehead atoms. The largest absolute Gasteiger partial charge is 0.494 e. The number of hydrogen-bond acceptors (Lipinski definition) is 4. The molecule has 6 nitrogen and oxygen atoms in total. The van der Waals surface area contributed by atoms with Gasteiger partial charge >= 0.3 is 12.1 Å². The molecule has 0 saturated carbocycles. The highest BCUT2D eigenvalue weighted by molar-refractivity contribution is 5.80. The molecule has 23 heavy (non-hydrogen) atoms. The minimum Gasteiger partial charge on any atom is -0.494 e. The zero-order valence-corrected chi connectivity index (χ0v) is 14.3. The summed E-state index contributed by atoms with van der Waals surface area (Å²) in [6.45, 7) is 7.67. The predicted molar refractivity (Wildman–Crippen MR) is 86.7 cm³/mol. The van der Waals surface area contributed by atoms with Gasteiger partial charge in [-0.05, 0) is 45.4 Å². The molecule has 0 fully saturated rings. The van der Waals surface area contributed by atoms with E-state index in [2.05, 4.69) is 0 Å². The third-order valence-electron chi connectivity index (χ3n) is 3.10. The van der Waals surface area contributed by atoms with Crippen molar-refractivity contribution in [3.05, 3.63) is 29.8 Å². The van der Waals surface area contributed by atoms with Gasteiger partial charge in [-0.1, -0.05) is 12.1 Å². The van der Waals surface area contributed by atoms with Crippen molar-refractivity contribution in [1.82, 2.24) is 4.90 Å². The van der Waals surface area contributed by atoms with Crippen LogP contribution in [0.2, 0.25) is 0 Å². The molecule has 1 rings (SSSR count). The zero-order chi connectivity index (χ0) is 17.6. The van der Waals surface area contributed by atoms with Crippen LogP contribution in [0.3, 0.4) is 0 Å². The molecule has 0 aliphatic heterocycles. The average molecular weight is 323 g/mol. The first-order chi connectivity index (χ1) is 10.6. The van der Waals surface area contributed by atoms with Gasteiger partial charge in [0.05, 0.1) is 6.61 Å². The Labute approximate surface area is 137 Å². The molecule has 0 aliphatic rings. The maximum absolute atomic E-state index is 12.1. The first kappa shape index (κ1) is 18.8. The van der Waals surface area contributed by atoms with Crippen LogP contribution in [0.15, 0.2) is 24.3 Å². The number of carboxylic acid groups (broad SMARTS) is 1. The van der Waals surface area contributed by atoms with Gasteiger partial charge in [0, 0.05) is 13.5 Å². The van der Waals surface area contributed by atoms with E-state index in [4.69, 9.17) is 9.47 Å². The fourth-order valence-corrected chi connectivity index (χ4v) is 1.96. The molecule has 0 radical (unpaired) electrons. The second-order valence-electron chi connectivity index (χ2n) is 6.23. The molecule has 6 heteroatoms. The van der Waals surface area contributed by atoms with E-state index in [-0.39, 0.29) is 6.42 Å². The lowest BCUT2D eigenvalue weighted by atomic mass is 10.1. The summed E-state index contributed by atoms with van der Waals surface area (Å²) < 4.78 is 10.6. The van der Waals surface area contributed by atoms with Gasteiger partial charge in [-0.15, -0.1) is 0 Å². The molecule has 1 atom stereocenters. The van der Waals surface area contributed by atoms with Gasteiger partial charge in [0.2, 0.25) is 0 Å². The SMILES string of the molecule is CCOc1ccc(C[C@H](C(=O)O)N(C)C(=O)OC(C)(C)C)cc1. The van der Waals surface area contributed by atoms with Crippen molar-refractivity contribution in [2.24, 2.45) is 0 Å². The van der Waals surface area contributed by atoms with Gasteiger partial charge < -0.3 is 14.6 Å². The maximum atomic E-state index is 12.1. The lowest BCUT2D eigenvalue weighted by Gasteiger charge is -2.28. The van der Waals surface area contributed by atoms with Crippen LogP contribution >= 0.6 is 0 Å². The third-order valence-corrected chi connectivity index (χ3v) is 3.10. The number of aliphatic carboxylic acids is 1. The highest BCUT2D eigenvalue weighted by atomic mass is 16.6. The number of likely N-dealkylation sites (N-methyl/N-ethyl adjacent to an activating group) is 1. The van der Waals surface area contributed by atoms with Gasteiger partial charge in [-0.2, -0.15) is 0 Å². The summed E-state index contributed by atoms with van der Waals surface area (Å²) in [5.41, 5.74) is 0.129.